The SMILES string of the molecule is Cc1ccc2c(N)c(N3CCC([N+](C)(C)C)C3)nn2c1C.Cc1ccc2c(N)c(N3CCC([N+](C)(C)CCO)C3)nn2c1C.Cc1ccc2c(N)c(N3CC[N+](C)(C)CC3)nn2c1C.Cc1ccc2c(N)c(N3CC[N+](C)(CCO)CC3)nn2c1C.Cc1ccc2c(N)c(NCC[N+](C)(C)C)nn2c1C.Cc1ccc2c(N)c([N+]3(C)CCCC3)nn2c1C.[CH3-].[CH3-].[CH3-].[CH3-].[CH3-].[CH3-]. The number of nitrogens with zero attached hydrogens (tertiary/aromatic N) is 22. The van der Waals surface area contributed by atoms with E-state index in [1.807, 2.05) is 45.3 Å². The predicted octanol–water partition coefficient (Wildman–Crippen LogP) is 11.8. The molecular formula is C98H167N29O2. The van der Waals surface area contributed by atoms with Gasteiger partial charge in [-0.15, -0.1) is 30.6 Å². The van der Waals surface area contributed by atoms with E-state index in [0.29, 0.717) is 12.1 Å². The van der Waals surface area contributed by atoms with Crippen molar-refractivity contribution in [2.75, 3.05) is 275 Å². The van der Waals surface area contributed by atoms with Crippen LogP contribution in [0.5, 0.6) is 0 Å². The number of pyridine rings is 6. The number of fused-ring (bicyclic) bond motifs is 6. The van der Waals surface area contributed by atoms with Crippen molar-refractivity contribution in [3.63, 3.8) is 0 Å². The normalized spacial score (nSPS) is 16.9. The van der Waals surface area contributed by atoms with Crippen molar-refractivity contribution >= 4 is 102 Å². The van der Waals surface area contributed by atoms with Gasteiger partial charge in [-0.05, 0) is 153 Å². The summed E-state index contributed by atoms with van der Waals surface area (Å²) in [6.45, 7) is 43.4. The highest BCUT2D eigenvalue weighted by Gasteiger charge is 2.40. The van der Waals surface area contributed by atoms with Gasteiger partial charge in [0, 0.05) is 72.9 Å². The number of aliphatic hydroxyl groups excluding tert-OH is 2. The maximum Gasteiger partial charge on any atom is 0.270 e. The molecule has 716 valence electrons. The molecule has 0 spiro atoms. The molecule has 0 saturated carbocycles. The van der Waals surface area contributed by atoms with Crippen LogP contribution in [0.2, 0.25) is 0 Å². The Balaban J connectivity index is 0.000000237. The Hall–Kier alpha value is -10.4. The van der Waals surface area contributed by atoms with Crippen molar-refractivity contribution in [2.45, 2.75) is 121 Å². The fourth-order valence-corrected chi connectivity index (χ4v) is 17.6. The van der Waals surface area contributed by atoms with E-state index < -0.39 is 0 Å². The van der Waals surface area contributed by atoms with Gasteiger partial charge in [0.05, 0.1) is 223 Å². The Morgan fingerprint density at radius 1 is 0.364 bits per heavy atom. The maximum atomic E-state index is 9.28. The molecular weight excluding hydrogens is 1620 g/mol. The van der Waals surface area contributed by atoms with Gasteiger partial charge in [-0.1, -0.05) is 36.4 Å². The van der Waals surface area contributed by atoms with Gasteiger partial charge >= 0.3 is 0 Å². The molecule has 5 saturated heterocycles. The predicted molar refractivity (Wildman–Crippen MR) is 548 cm³/mol. The summed E-state index contributed by atoms with van der Waals surface area (Å²) in [5.41, 5.74) is 62.9. The zero-order valence-corrected chi connectivity index (χ0v) is 84.8. The van der Waals surface area contributed by atoms with E-state index >= 15 is 0 Å². The summed E-state index contributed by atoms with van der Waals surface area (Å²) in [4.78, 5) is 9.22. The Bertz CT molecular complexity index is 5740. The molecule has 129 heavy (non-hydrogen) atoms. The number of aryl methyl sites for hydroxylation is 12. The molecule has 2 atom stereocenters. The van der Waals surface area contributed by atoms with Crippen molar-refractivity contribution in [2.24, 2.45) is 0 Å². The van der Waals surface area contributed by atoms with Gasteiger partial charge in [0.25, 0.3) is 5.82 Å². The average Bonchev–Trinajstić information content (AvgIpc) is 1.62. The molecule has 5 fully saturated rings. The Labute approximate surface area is 773 Å². The zero-order valence-electron chi connectivity index (χ0n) is 84.8. The first-order chi connectivity index (χ1) is 57.8. The minimum absolute atomic E-state index is 0. The van der Waals surface area contributed by atoms with E-state index in [1.54, 1.807) is 0 Å². The lowest BCUT2D eigenvalue weighted by Gasteiger charge is -2.41. The van der Waals surface area contributed by atoms with Gasteiger partial charge in [-0.3, -0.25) is 4.48 Å². The number of hydrogen-bond acceptors (Lipinski definition) is 19. The number of likely N-dealkylation sites (tertiary alicyclic amines) is 1. The van der Waals surface area contributed by atoms with E-state index in [9.17, 15) is 10.2 Å². The van der Waals surface area contributed by atoms with E-state index in [4.69, 9.17) is 59.9 Å². The van der Waals surface area contributed by atoms with Crippen LogP contribution in [0.1, 0.15) is 93.2 Å². The van der Waals surface area contributed by atoms with Gasteiger partial charge in [0.1, 0.15) is 59.3 Å². The van der Waals surface area contributed by atoms with Crippen LogP contribution in [0, 0.1) is 128 Å². The summed E-state index contributed by atoms with van der Waals surface area (Å²) in [7, 11) is 26.7. The second kappa shape index (κ2) is 42.2. The molecule has 5 aliphatic rings. The number of likely N-dealkylation sites (N-methyl/N-ethyl adjacent to an activating group) is 5. The number of rotatable bonds is 15. The molecule has 17 heterocycles. The van der Waals surface area contributed by atoms with E-state index in [-0.39, 0.29) is 57.8 Å². The number of nitrogens with one attached hydrogen (secondary N) is 1. The van der Waals surface area contributed by atoms with Gasteiger partial charge in [-0.25, -0.2) is 27.1 Å². The van der Waals surface area contributed by atoms with E-state index in [1.165, 1.54) is 58.3 Å². The van der Waals surface area contributed by atoms with Gasteiger partial charge in [-0.2, -0.15) is 0 Å². The van der Waals surface area contributed by atoms with Crippen LogP contribution in [0.3, 0.4) is 0 Å². The van der Waals surface area contributed by atoms with E-state index in [0.717, 1.165) is 282 Å². The quantitative estimate of drug-likeness (QED) is 0.0340. The minimum atomic E-state index is 0. The number of quaternary nitrogens is 6. The summed E-state index contributed by atoms with van der Waals surface area (Å²) in [6, 6.07) is 26.1. The number of piperazine rings is 2. The first-order valence-corrected chi connectivity index (χ1v) is 44.2. The molecule has 5 aliphatic heterocycles. The standard InChI is InChI=1S/C17H28N5O.C16H26N5O.C16H26N5.C15H24N5.C14H24N5.C14H21N4.6CH3/c1-12-5-6-15-16(18)17(19-21(15)13(12)2)20-8-7-14(11-20)22(3,4)9-10-23;1-12-4-5-14-15(17)16(18-20(14)13(12)2)19-6-8-21(3,9-7-19)10-11-22;1-11-6-7-14-15(17)16(18-20(14)12(11)2)19-9-8-13(10-19)21(3,4)5;1-11-5-6-13-14(16)15(17-19(13)12(11)2)18-7-9-20(3,4)10-8-18;1-10-6-7-12-13(15)14(17-18(12)11(10)2)16-8-9-19(3,4)5;1-10-6-7-12-13(15)14(16-17(12)11(10)2)18(3)8-4-5-9-18;;;;;;/h5-6,14,23H,7-11,18H2,1-4H3;4-5,22H,6-11,17H2,1-3H3;6-7,13H,8-10,17H2,1-5H3;5-6H,7-10,16H2,1-4H3;6-7H,8-9,15H2,1-5H3,(H,16,17);6-7H,4-5,8-9,15H2,1-3H3;6*1H3/q6*+1;6*-1. The van der Waals surface area contributed by atoms with Crippen molar-refractivity contribution < 1.29 is 32.6 Å². The first kappa shape index (κ1) is 107. The molecule has 31 heteroatoms. The molecule has 0 radical (unpaired) electrons. The fraction of sp³-hybridized carbons (Fsp3) is 0.510. The number of anilines is 11. The second-order valence-electron chi connectivity index (χ2n) is 39.3. The number of hydrogen-bond donors (Lipinski definition) is 9. The van der Waals surface area contributed by atoms with Crippen molar-refractivity contribution in [3.8, 4) is 0 Å². The third-order valence-corrected chi connectivity index (χ3v) is 27.8. The molecule has 17 rings (SSSR count). The number of aliphatic hydroxyl groups is 2. The lowest BCUT2D eigenvalue weighted by Crippen LogP contribution is -2.58. The van der Waals surface area contributed by atoms with Crippen molar-refractivity contribution in [3.05, 3.63) is 185 Å². The third-order valence-electron chi connectivity index (χ3n) is 27.8. The minimum Gasteiger partial charge on any atom is -0.394 e. The number of aromatic nitrogens is 12. The molecule has 15 N–H and O–H groups in total. The summed E-state index contributed by atoms with van der Waals surface area (Å²) >= 11 is 0. The smallest absolute Gasteiger partial charge is 0.270 e. The lowest BCUT2D eigenvalue weighted by molar-refractivity contribution is -0.912. The average molecular weight is 1780 g/mol. The van der Waals surface area contributed by atoms with Crippen LogP contribution >= 0.6 is 0 Å². The number of nitrogens with two attached hydrogens (primary N) is 6. The van der Waals surface area contributed by atoms with Crippen LogP contribution in [-0.4, -0.2) is 318 Å². The third kappa shape index (κ3) is 22.6. The summed E-state index contributed by atoms with van der Waals surface area (Å²) in [5, 5.41) is 50.2. The van der Waals surface area contributed by atoms with Crippen LogP contribution < -0.4 is 63.8 Å². The Morgan fingerprint density at radius 3 is 1.01 bits per heavy atom. The van der Waals surface area contributed by atoms with Crippen molar-refractivity contribution in [1.29, 1.82) is 0 Å². The first-order valence-electron chi connectivity index (χ1n) is 44.2. The lowest BCUT2D eigenvalue weighted by atomic mass is 10.2. The van der Waals surface area contributed by atoms with Gasteiger partial charge in [0.15, 0.2) is 29.1 Å². The molecule has 0 amide bonds. The Kier molecular flexibility index (Phi) is 35.2. The molecule has 0 aromatic carbocycles. The molecule has 31 nitrogen and oxygen atoms in total. The van der Waals surface area contributed by atoms with Crippen LogP contribution in [-0.2, 0) is 0 Å². The highest BCUT2D eigenvalue weighted by atomic mass is 16.3. The summed E-state index contributed by atoms with van der Waals surface area (Å²) in [5.74, 6) is 5.50. The monoisotopic (exact) mass is 1780 g/mol. The largest absolute Gasteiger partial charge is 0.394 e. The molecule has 0 aliphatic carbocycles. The summed E-state index contributed by atoms with van der Waals surface area (Å²) < 4.78 is 17.4. The van der Waals surface area contributed by atoms with Crippen molar-refractivity contribution in [1.82, 2.24) is 62.2 Å². The van der Waals surface area contributed by atoms with E-state index in [2.05, 4.69) is 252 Å². The molecule has 2 unspecified atom stereocenters. The topological polar surface area (TPSA) is 325 Å². The highest BCUT2D eigenvalue weighted by molar-refractivity contribution is 5.86. The maximum absolute atomic E-state index is 9.28. The van der Waals surface area contributed by atoms with Crippen LogP contribution in [0.25, 0.3) is 33.1 Å². The summed E-state index contributed by atoms with van der Waals surface area (Å²) in [6.07, 6.45) is 4.82. The highest BCUT2D eigenvalue weighted by Crippen LogP contribution is 2.39. The van der Waals surface area contributed by atoms with Gasteiger partial charge < -0.3 is 137 Å². The fourth-order valence-electron chi connectivity index (χ4n) is 17.6. The Morgan fingerprint density at radius 2 is 0.674 bits per heavy atom. The molecule has 0 bridgehead atoms. The second-order valence-corrected chi connectivity index (χ2v) is 39.3. The molecule has 12 aromatic heterocycles. The van der Waals surface area contributed by atoms with Crippen LogP contribution in [0.15, 0.2) is 72.8 Å². The number of nitrogen functional groups attached to an aromatic ring is 6. The van der Waals surface area contributed by atoms with Gasteiger partial charge in [0.2, 0.25) is 0 Å². The zero-order chi connectivity index (χ0) is 89.7. The molecule has 12 aromatic rings. The van der Waals surface area contributed by atoms with Crippen LogP contribution in [0.4, 0.5) is 69.0 Å².